The summed E-state index contributed by atoms with van der Waals surface area (Å²) in [5.41, 5.74) is 3.54. The lowest BCUT2D eigenvalue weighted by Gasteiger charge is -2.32. The molecule has 1 aliphatic carbocycles. The van der Waals surface area contributed by atoms with E-state index < -0.39 is 6.04 Å². The van der Waals surface area contributed by atoms with Crippen molar-refractivity contribution < 1.29 is 9.47 Å². The zero-order chi connectivity index (χ0) is 27.6. The summed E-state index contributed by atoms with van der Waals surface area (Å²) in [5, 5.41) is 14.1. The SMILES string of the molecule is O=c1[nH]c2cc3c(cc2cc1C(c1nnnn1C1CCCC1)N(CCc1ccccc1)Cc1ccccc1)OCO3. The standard InChI is InChI=1S/C32H32N6O3/c39-32-26(17-24-18-28-29(41-21-40-28)19-27(24)33-32)30(31-34-35-36-38(31)25-13-7-8-14-25)37(20-23-11-5-2-6-12-23)16-15-22-9-3-1-4-10-22/h1-6,9-12,17-19,25,30H,7-8,13-16,20-21H2,(H,33,39). The Morgan fingerprint density at radius 1 is 0.927 bits per heavy atom. The summed E-state index contributed by atoms with van der Waals surface area (Å²) in [5.74, 6) is 2.01. The number of nitrogens with zero attached hydrogens (tertiary/aromatic N) is 5. The fraction of sp³-hybridized carbons (Fsp3) is 0.312. The minimum atomic E-state index is -0.465. The molecule has 1 aliphatic heterocycles. The van der Waals surface area contributed by atoms with Crippen LogP contribution in [0.5, 0.6) is 11.5 Å². The zero-order valence-electron chi connectivity index (χ0n) is 22.8. The number of benzene rings is 3. The molecule has 1 fully saturated rings. The summed E-state index contributed by atoms with van der Waals surface area (Å²) >= 11 is 0. The van der Waals surface area contributed by atoms with Crippen LogP contribution in [0.4, 0.5) is 0 Å². The van der Waals surface area contributed by atoms with Crippen LogP contribution in [-0.4, -0.2) is 43.4 Å². The number of fused-ring (bicyclic) bond motifs is 2. The Hall–Kier alpha value is -4.50. The van der Waals surface area contributed by atoms with E-state index in [-0.39, 0.29) is 18.4 Å². The van der Waals surface area contributed by atoms with Gasteiger partial charge in [0.15, 0.2) is 17.3 Å². The van der Waals surface area contributed by atoms with E-state index in [4.69, 9.17) is 9.47 Å². The monoisotopic (exact) mass is 548 g/mol. The maximum Gasteiger partial charge on any atom is 0.253 e. The third kappa shape index (κ3) is 5.20. The Morgan fingerprint density at radius 2 is 1.63 bits per heavy atom. The average molecular weight is 549 g/mol. The minimum Gasteiger partial charge on any atom is -0.454 e. The number of pyridine rings is 1. The second kappa shape index (κ2) is 11.2. The molecular weight excluding hydrogens is 516 g/mol. The molecule has 1 saturated carbocycles. The maximum absolute atomic E-state index is 13.9. The normalized spacial score (nSPS) is 15.6. The highest BCUT2D eigenvalue weighted by molar-refractivity contribution is 5.83. The van der Waals surface area contributed by atoms with Crippen LogP contribution in [0.1, 0.15) is 60.3 Å². The number of aromatic nitrogens is 5. The third-order valence-electron chi connectivity index (χ3n) is 8.22. The molecule has 2 aromatic heterocycles. The van der Waals surface area contributed by atoms with Gasteiger partial charge in [-0.25, -0.2) is 4.68 Å². The quantitative estimate of drug-likeness (QED) is 0.271. The Morgan fingerprint density at radius 3 is 2.39 bits per heavy atom. The van der Waals surface area contributed by atoms with Crippen molar-refractivity contribution in [1.29, 1.82) is 0 Å². The highest BCUT2D eigenvalue weighted by Gasteiger charge is 2.33. The molecule has 7 rings (SSSR count). The number of hydrogen-bond acceptors (Lipinski definition) is 7. The van der Waals surface area contributed by atoms with Gasteiger partial charge in [0, 0.05) is 30.1 Å². The number of rotatable bonds is 9. The van der Waals surface area contributed by atoms with Gasteiger partial charge < -0.3 is 14.5 Å². The van der Waals surface area contributed by atoms with E-state index in [1.165, 1.54) is 5.56 Å². The number of tetrazole rings is 1. The molecule has 0 bridgehead atoms. The van der Waals surface area contributed by atoms with Crippen molar-refractivity contribution in [3.63, 3.8) is 0 Å². The van der Waals surface area contributed by atoms with Gasteiger partial charge in [-0.3, -0.25) is 9.69 Å². The van der Waals surface area contributed by atoms with Gasteiger partial charge in [0.25, 0.3) is 5.56 Å². The van der Waals surface area contributed by atoms with Crippen LogP contribution in [0.3, 0.4) is 0 Å². The second-order valence-corrected chi connectivity index (χ2v) is 10.9. The van der Waals surface area contributed by atoms with Crippen LogP contribution < -0.4 is 15.0 Å². The van der Waals surface area contributed by atoms with Crippen LogP contribution >= 0.6 is 0 Å². The summed E-state index contributed by atoms with van der Waals surface area (Å²) in [6, 6.07) is 26.3. The highest BCUT2D eigenvalue weighted by atomic mass is 16.7. The largest absolute Gasteiger partial charge is 0.454 e. The average Bonchev–Trinajstić information content (AvgIpc) is 3.78. The molecular formula is C32H32N6O3. The summed E-state index contributed by atoms with van der Waals surface area (Å²) in [6.07, 6.45) is 5.19. The molecule has 0 saturated heterocycles. The maximum atomic E-state index is 13.9. The molecule has 5 aromatic rings. The molecule has 208 valence electrons. The van der Waals surface area contributed by atoms with Gasteiger partial charge in [-0.05, 0) is 52.9 Å². The van der Waals surface area contributed by atoms with E-state index in [1.54, 1.807) is 0 Å². The van der Waals surface area contributed by atoms with Crippen LogP contribution in [0.25, 0.3) is 10.9 Å². The number of aromatic amines is 1. The van der Waals surface area contributed by atoms with Gasteiger partial charge in [0.1, 0.15) is 6.04 Å². The molecule has 3 heterocycles. The van der Waals surface area contributed by atoms with Crippen molar-refractivity contribution in [2.45, 2.75) is 50.7 Å². The van der Waals surface area contributed by atoms with Gasteiger partial charge in [0.05, 0.1) is 11.6 Å². The fourth-order valence-corrected chi connectivity index (χ4v) is 6.14. The molecule has 0 radical (unpaired) electrons. The molecule has 1 atom stereocenters. The minimum absolute atomic E-state index is 0.167. The third-order valence-corrected chi connectivity index (χ3v) is 8.22. The van der Waals surface area contributed by atoms with Crippen LogP contribution in [0.15, 0.2) is 83.7 Å². The Kier molecular flexibility index (Phi) is 6.94. The topological polar surface area (TPSA) is 98.2 Å². The predicted molar refractivity (Wildman–Crippen MR) is 155 cm³/mol. The van der Waals surface area contributed by atoms with Crippen molar-refractivity contribution in [3.8, 4) is 11.5 Å². The smallest absolute Gasteiger partial charge is 0.253 e. The molecule has 1 unspecified atom stereocenters. The molecule has 0 spiro atoms. The number of hydrogen-bond donors (Lipinski definition) is 1. The van der Waals surface area contributed by atoms with Crippen molar-refractivity contribution in [3.05, 3.63) is 112 Å². The van der Waals surface area contributed by atoms with E-state index >= 15 is 0 Å². The van der Waals surface area contributed by atoms with E-state index in [1.807, 2.05) is 47.1 Å². The van der Waals surface area contributed by atoms with E-state index in [0.717, 1.165) is 43.1 Å². The first-order valence-corrected chi connectivity index (χ1v) is 14.3. The predicted octanol–water partition coefficient (Wildman–Crippen LogP) is 5.19. The van der Waals surface area contributed by atoms with Crippen LogP contribution in [0.2, 0.25) is 0 Å². The Balaban J connectivity index is 1.37. The van der Waals surface area contributed by atoms with Gasteiger partial charge in [-0.15, -0.1) is 5.10 Å². The molecule has 41 heavy (non-hydrogen) atoms. The lowest BCUT2D eigenvalue weighted by atomic mass is 10.0. The van der Waals surface area contributed by atoms with Crippen LogP contribution in [-0.2, 0) is 13.0 Å². The van der Waals surface area contributed by atoms with Crippen molar-refractivity contribution in [2.75, 3.05) is 13.3 Å². The second-order valence-electron chi connectivity index (χ2n) is 10.9. The van der Waals surface area contributed by atoms with Gasteiger partial charge in [0.2, 0.25) is 6.79 Å². The van der Waals surface area contributed by atoms with E-state index in [0.29, 0.717) is 41.5 Å². The Bertz CT molecular complexity index is 1700. The molecule has 2 aliphatic rings. The highest BCUT2D eigenvalue weighted by Crippen LogP contribution is 2.38. The lowest BCUT2D eigenvalue weighted by molar-refractivity contribution is 0.174. The first kappa shape index (κ1) is 25.5. The summed E-state index contributed by atoms with van der Waals surface area (Å²) in [6.45, 7) is 1.51. The van der Waals surface area contributed by atoms with Gasteiger partial charge >= 0.3 is 0 Å². The molecule has 0 amide bonds. The van der Waals surface area contributed by atoms with Gasteiger partial charge in [-0.2, -0.15) is 0 Å². The summed E-state index contributed by atoms with van der Waals surface area (Å²) in [7, 11) is 0. The summed E-state index contributed by atoms with van der Waals surface area (Å²) < 4.78 is 13.2. The molecule has 9 nitrogen and oxygen atoms in total. The van der Waals surface area contributed by atoms with E-state index in [2.05, 4.69) is 61.8 Å². The zero-order valence-corrected chi connectivity index (χ0v) is 22.8. The fourth-order valence-electron chi connectivity index (χ4n) is 6.14. The van der Waals surface area contributed by atoms with Gasteiger partial charge in [-0.1, -0.05) is 73.5 Å². The van der Waals surface area contributed by atoms with Crippen molar-refractivity contribution >= 4 is 10.9 Å². The van der Waals surface area contributed by atoms with Crippen molar-refractivity contribution in [1.82, 2.24) is 30.1 Å². The van der Waals surface area contributed by atoms with Crippen LogP contribution in [0, 0.1) is 0 Å². The molecule has 1 N–H and O–H groups in total. The number of ether oxygens (including phenoxy) is 2. The first-order valence-electron chi connectivity index (χ1n) is 14.3. The van der Waals surface area contributed by atoms with E-state index in [9.17, 15) is 4.79 Å². The van der Waals surface area contributed by atoms with Crippen molar-refractivity contribution in [2.24, 2.45) is 0 Å². The number of nitrogens with one attached hydrogen (secondary N) is 1. The molecule has 9 heteroatoms. The first-order chi connectivity index (χ1) is 20.2. The molecule has 3 aromatic carbocycles. The Labute approximate surface area is 237 Å². The lowest BCUT2D eigenvalue weighted by Crippen LogP contribution is -2.36. The summed E-state index contributed by atoms with van der Waals surface area (Å²) in [4.78, 5) is 19.4. The number of H-pyrrole nitrogens is 1.